The Kier molecular flexibility index (Phi) is 2.96. The molecule has 1 aromatic carbocycles. The van der Waals surface area contributed by atoms with E-state index in [0.717, 1.165) is 11.8 Å². The lowest BCUT2D eigenvalue weighted by molar-refractivity contribution is 0.503. The van der Waals surface area contributed by atoms with Crippen LogP contribution < -0.4 is 0 Å². The van der Waals surface area contributed by atoms with Gasteiger partial charge in [0.15, 0.2) is 0 Å². The van der Waals surface area contributed by atoms with E-state index in [1.807, 2.05) is 0 Å². The van der Waals surface area contributed by atoms with Crippen molar-refractivity contribution < 1.29 is 0 Å². The van der Waals surface area contributed by atoms with E-state index >= 15 is 0 Å². The molecular formula is C13H17Br. The first kappa shape index (κ1) is 10.2. The lowest BCUT2D eigenvalue weighted by Crippen LogP contribution is -2.05. The molecule has 1 saturated carbocycles. The molecule has 0 spiro atoms. The normalized spacial score (nSPS) is 20.5. The summed E-state index contributed by atoms with van der Waals surface area (Å²) in [5.41, 5.74) is 2.77. The average Bonchev–Trinajstić information content (AvgIpc) is 3.00. The summed E-state index contributed by atoms with van der Waals surface area (Å²) in [5, 5.41) is 0. The second kappa shape index (κ2) is 4.06. The molecule has 1 aromatic rings. The SMILES string of the molecule is Cc1ccc(C(Br)C(C)C2CC2)cc1. The van der Waals surface area contributed by atoms with Crippen LogP contribution in [-0.4, -0.2) is 0 Å². The summed E-state index contributed by atoms with van der Waals surface area (Å²) < 4.78 is 0. The van der Waals surface area contributed by atoms with Crippen LogP contribution in [-0.2, 0) is 0 Å². The molecule has 0 bridgehead atoms. The van der Waals surface area contributed by atoms with E-state index < -0.39 is 0 Å². The number of hydrogen-bond acceptors (Lipinski definition) is 0. The zero-order valence-corrected chi connectivity index (χ0v) is 10.4. The minimum Gasteiger partial charge on any atom is -0.0836 e. The third kappa shape index (κ3) is 2.20. The van der Waals surface area contributed by atoms with Gasteiger partial charge in [-0.3, -0.25) is 0 Å². The molecule has 2 rings (SSSR count). The maximum Gasteiger partial charge on any atom is 0.0423 e. The molecule has 0 saturated heterocycles. The summed E-state index contributed by atoms with van der Waals surface area (Å²) >= 11 is 3.82. The standard InChI is InChI=1S/C13H17Br/c1-9-3-5-12(6-4-9)13(14)10(2)11-7-8-11/h3-6,10-11,13H,7-8H2,1-2H3. The third-order valence-electron chi connectivity index (χ3n) is 3.22. The largest absolute Gasteiger partial charge is 0.0836 e. The van der Waals surface area contributed by atoms with E-state index in [2.05, 4.69) is 54.0 Å². The first-order chi connectivity index (χ1) is 6.68. The number of benzene rings is 1. The van der Waals surface area contributed by atoms with Gasteiger partial charge in [-0.1, -0.05) is 52.7 Å². The average molecular weight is 253 g/mol. The highest BCUT2D eigenvalue weighted by molar-refractivity contribution is 9.09. The quantitative estimate of drug-likeness (QED) is 0.697. The van der Waals surface area contributed by atoms with Crippen LogP contribution in [0.5, 0.6) is 0 Å². The predicted octanol–water partition coefficient (Wildman–Crippen LogP) is 4.48. The van der Waals surface area contributed by atoms with Gasteiger partial charge in [0.05, 0.1) is 0 Å². The Labute approximate surface area is 94.8 Å². The van der Waals surface area contributed by atoms with Crippen LogP contribution in [0.25, 0.3) is 0 Å². The molecule has 2 atom stereocenters. The fourth-order valence-corrected chi connectivity index (χ4v) is 2.65. The third-order valence-corrected chi connectivity index (χ3v) is 4.59. The van der Waals surface area contributed by atoms with Gasteiger partial charge in [-0.05, 0) is 37.2 Å². The Morgan fingerprint density at radius 1 is 1.21 bits per heavy atom. The Hall–Kier alpha value is -0.300. The van der Waals surface area contributed by atoms with E-state index in [4.69, 9.17) is 0 Å². The van der Waals surface area contributed by atoms with Crippen LogP contribution in [0.15, 0.2) is 24.3 Å². The van der Waals surface area contributed by atoms with Gasteiger partial charge in [0.1, 0.15) is 0 Å². The number of rotatable bonds is 3. The number of hydrogen-bond donors (Lipinski definition) is 0. The van der Waals surface area contributed by atoms with Crippen LogP contribution in [0.4, 0.5) is 0 Å². The fraction of sp³-hybridized carbons (Fsp3) is 0.538. The topological polar surface area (TPSA) is 0 Å². The second-order valence-corrected chi connectivity index (χ2v) is 5.50. The van der Waals surface area contributed by atoms with Crippen molar-refractivity contribution in [3.8, 4) is 0 Å². The van der Waals surface area contributed by atoms with Gasteiger partial charge < -0.3 is 0 Å². The van der Waals surface area contributed by atoms with Crippen molar-refractivity contribution in [2.75, 3.05) is 0 Å². The van der Waals surface area contributed by atoms with Gasteiger partial charge in [-0.25, -0.2) is 0 Å². The van der Waals surface area contributed by atoms with E-state index in [0.29, 0.717) is 4.83 Å². The summed E-state index contributed by atoms with van der Waals surface area (Å²) in [6.07, 6.45) is 2.85. The van der Waals surface area contributed by atoms with Crippen molar-refractivity contribution in [2.45, 2.75) is 31.5 Å². The molecule has 14 heavy (non-hydrogen) atoms. The number of alkyl halides is 1. The molecule has 76 valence electrons. The monoisotopic (exact) mass is 252 g/mol. The first-order valence-electron chi connectivity index (χ1n) is 5.39. The van der Waals surface area contributed by atoms with Crippen molar-refractivity contribution >= 4 is 15.9 Å². The van der Waals surface area contributed by atoms with Crippen LogP contribution >= 0.6 is 15.9 Å². The molecule has 0 N–H and O–H groups in total. The van der Waals surface area contributed by atoms with Crippen LogP contribution in [0.3, 0.4) is 0 Å². The molecule has 0 aromatic heterocycles. The van der Waals surface area contributed by atoms with E-state index in [1.165, 1.54) is 24.0 Å². The minimum atomic E-state index is 0.538. The highest BCUT2D eigenvalue weighted by Crippen LogP contribution is 2.46. The van der Waals surface area contributed by atoms with Gasteiger partial charge in [-0.2, -0.15) is 0 Å². The zero-order valence-electron chi connectivity index (χ0n) is 8.83. The van der Waals surface area contributed by atoms with Gasteiger partial charge in [0.25, 0.3) is 0 Å². The van der Waals surface area contributed by atoms with Crippen LogP contribution in [0.2, 0.25) is 0 Å². The summed E-state index contributed by atoms with van der Waals surface area (Å²) in [4.78, 5) is 0.538. The molecule has 1 aliphatic carbocycles. The molecular weight excluding hydrogens is 236 g/mol. The summed E-state index contributed by atoms with van der Waals surface area (Å²) in [7, 11) is 0. The van der Waals surface area contributed by atoms with Crippen molar-refractivity contribution in [3.05, 3.63) is 35.4 Å². The lowest BCUT2D eigenvalue weighted by Gasteiger charge is -2.18. The molecule has 1 heteroatoms. The maximum absolute atomic E-state index is 3.82. The van der Waals surface area contributed by atoms with E-state index in [1.54, 1.807) is 0 Å². The van der Waals surface area contributed by atoms with Crippen molar-refractivity contribution in [2.24, 2.45) is 11.8 Å². The Morgan fingerprint density at radius 3 is 2.29 bits per heavy atom. The highest BCUT2D eigenvalue weighted by Gasteiger charge is 2.32. The summed E-state index contributed by atoms with van der Waals surface area (Å²) in [6.45, 7) is 4.49. The fourth-order valence-electron chi connectivity index (χ4n) is 1.91. The zero-order chi connectivity index (χ0) is 10.1. The van der Waals surface area contributed by atoms with Crippen LogP contribution in [0, 0.1) is 18.8 Å². The molecule has 0 aliphatic heterocycles. The van der Waals surface area contributed by atoms with Gasteiger partial charge in [0, 0.05) is 4.83 Å². The summed E-state index contributed by atoms with van der Waals surface area (Å²) in [5.74, 6) is 1.73. The summed E-state index contributed by atoms with van der Waals surface area (Å²) in [6, 6.07) is 8.88. The first-order valence-corrected chi connectivity index (χ1v) is 6.30. The number of halogens is 1. The van der Waals surface area contributed by atoms with E-state index in [9.17, 15) is 0 Å². The van der Waals surface area contributed by atoms with Crippen molar-refractivity contribution in [3.63, 3.8) is 0 Å². The highest BCUT2D eigenvalue weighted by atomic mass is 79.9. The Balaban J connectivity index is 2.09. The molecule has 1 aliphatic rings. The molecule has 2 unspecified atom stereocenters. The molecule has 0 heterocycles. The molecule has 1 fully saturated rings. The molecule has 0 radical (unpaired) electrons. The van der Waals surface area contributed by atoms with Crippen molar-refractivity contribution in [1.82, 2.24) is 0 Å². The lowest BCUT2D eigenvalue weighted by atomic mass is 9.96. The Morgan fingerprint density at radius 2 is 1.79 bits per heavy atom. The second-order valence-electron chi connectivity index (χ2n) is 4.51. The maximum atomic E-state index is 3.82. The molecule has 0 nitrogen and oxygen atoms in total. The van der Waals surface area contributed by atoms with Gasteiger partial charge >= 0.3 is 0 Å². The van der Waals surface area contributed by atoms with Gasteiger partial charge in [-0.15, -0.1) is 0 Å². The van der Waals surface area contributed by atoms with Crippen LogP contribution in [0.1, 0.15) is 35.7 Å². The van der Waals surface area contributed by atoms with E-state index in [-0.39, 0.29) is 0 Å². The molecule has 0 amide bonds. The predicted molar refractivity (Wildman–Crippen MR) is 64.7 cm³/mol. The Bertz CT molecular complexity index is 298. The van der Waals surface area contributed by atoms with Gasteiger partial charge in [0.2, 0.25) is 0 Å². The van der Waals surface area contributed by atoms with Crippen molar-refractivity contribution in [1.29, 1.82) is 0 Å². The minimum absolute atomic E-state index is 0.538. The smallest absolute Gasteiger partial charge is 0.0423 e. The number of aryl methyl sites for hydroxylation is 1.